The highest BCUT2D eigenvalue weighted by Crippen LogP contribution is 2.49. The van der Waals surface area contributed by atoms with E-state index < -0.39 is 0 Å². The molecule has 2 aliphatic carbocycles. The van der Waals surface area contributed by atoms with Crippen LogP contribution in [0, 0.1) is 17.8 Å². The number of anilines is 1. The van der Waals surface area contributed by atoms with Crippen molar-refractivity contribution in [1.29, 1.82) is 0 Å². The molecule has 1 aliphatic heterocycles. The third-order valence-electron chi connectivity index (χ3n) is 8.60. The summed E-state index contributed by atoms with van der Waals surface area (Å²) in [6.45, 7) is 1.53. The molecule has 5 atom stereocenters. The molecule has 2 bridgehead atoms. The van der Waals surface area contributed by atoms with Crippen molar-refractivity contribution < 1.29 is 14.4 Å². The molecule has 2 aromatic heterocycles. The molecule has 39 heavy (non-hydrogen) atoms. The summed E-state index contributed by atoms with van der Waals surface area (Å²) >= 11 is 0. The van der Waals surface area contributed by atoms with Gasteiger partial charge in [-0.15, -0.1) is 0 Å². The van der Waals surface area contributed by atoms with Crippen LogP contribution in [0.25, 0.3) is 11.4 Å². The van der Waals surface area contributed by atoms with Gasteiger partial charge in [0.05, 0.1) is 11.6 Å². The Balaban J connectivity index is 1.13. The van der Waals surface area contributed by atoms with Gasteiger partial charge in [0, 0.05) is 38.1 Å². The molecule has 202 valence electrons. The van der Waals surface area contributed by atoms with Crippen LogP contribution in [0.5, 0.6) is 0 Å². The van der Waals surface area contributed by atoms with Gasteiger partial charge in [-0.2, -0.15) is 5.10 Å². The van der Waals surface area contributed by atoms with Crippen molar-refractivity contribution in [3.8, 4) is 11.4 Å². The monoisotopic (exact) mass is 527 g/mol. The minimum absolute atomic E-state index is 0.0746. The van der Waals surface area contributed by atoms with Gasteiger partial charge in [-0.25, -0.2) is 0 Å². The lowest BCUT2D eigenvalue weighted by Crippen LogP contribution is -2.49. The summed E-state index contributed by atoms with van der Waals surface area (Å²) in [5, 5.41) is 13.3. The second-order valence-corrected chi connectivity index (χ2v) is 11.0. The number of nitrogens with one attached hydrogen (secondary N) is 3. The van der Waals surface area contributed by atoms with Crippen molar-refractivity contribution in [3.63, 3.8) is 0 Å². The number of H-pyrrole nitrogens is 1. The van der Waals surface area contributed by atoms with Crippen LogP contribution in [0.2, 0.25) is 0 Å². The van der Waals surface area contributed by atoms with Gasteiger partial charge >= 0.3 is 0 Å². The number of fused-ring (bicyclic) bond motifs is 2. The second-order valence-electron chi connectivity index (χ2n) is 11.0. The fourth-order valence-corrected chi connectivity index (χ4v) is 6.50. The fourth-order valence-electron chi connectivity index (χ4n) is 6.50. The first-order valence-electron chi connectivity index (χ1n) is 13.5. The van der Waals surface area contributed by atoms with Gasteiger partial charge in [-0.1, -0.05) is 18.2 Å². The van der Waals surface area contributed by atoms with Crippen LogP contribution >= 0.6 is 0 Å². The smallest absolute Gasteiger partial charge is 0.269 e. The Bertz CT molecular complexity index is 1370. The average Bonchev–Trinajstić information content (AvgIpc) is 3.70. The summed E-state index contributed by atoms with van der Waals surface area (Å²) in [6.07, 6.45) is 4.62. The molecule has 3 aromatic rings. The number of likely N-dealkylation sites (N-methyl/N-ethyl adjacent to an activating group) is 2. The molecule has 0 radical (unpaired) electrons. The molecule has 1 aromatic carbocycles. The van der Waals surface area contributed by atoms with Crippen LogP contribution in [-0.4, -0.2) is 75.9 Å². The number of hydrogen-bond donors (Lipinski definition) is 3. The number of piperazine rings is 1. The lowest BCUT2D eigenvalue weighted by molar-refractivity contribution is -0.139. The van der Waals surface area contributed by atoms with Crippen molar-refractivity contribution in [2.24, 2.45) is 17.8 Å². The Morgan fingerprint density at radius 2 is 1.79 bits per heavy atom. The predicted octanol–water partition coefficient (Wildman–Crippen LogP) is 2.70. The summed E-state index contributed by atoms with van der Waals surface area (Å²) in [4.78, 5) is 47.5. The summed E-state index contributed by atoms with van der Waals surface area (Å²) in [5.41, 5.74) is 3.22. The van der Waals surface area contributed by atoms with E-state index in [0.29, 0.717) is 29.3 Å². The van der Waals surface area contributed by atoms with Crippen LogP contribution in [0.4, 0.5) is 5.69 Å². The van der Waals surface area contributed by atoms with Crippen LogP contribution in [-0.2, 0) is 9.59 Å². The number of nitrogens with zero attached hydrogens (tertiary/aromatic N) is 4. The third-order valence-corrected chi connectivity index (χ3v) is 8.60. The molecule has 3 N–H and O–H groups in total. The van der Waals surface area contributed by atoms with Crippen molar-refractivity contribution in [2.45, 2.75) is 31.3 Å². The van der Waals surface area contributed by atoms with E-state index in [1.165, 1.54) is 0 Å². The van der Waals surface area contributed by atoms with Gasteiger partial charge in [0.25, 0.3) is 5.91 Å². The number of aromatic amines is 1. The van der Waals surface area contributed by atoms with E-state index in [1.807, 2.05) is 56.6 Å². The Morgan fingerprint density at radius 1 is 1.00 bits per heavy atom. The zero-order valence-corrected chi connectivity index (χ0v) is 22.1. The van der Waals surface area contributed by atoms with Gasteiger partial charge in [0.2, 0.25) is 11.8 Å². The van der Waals surface area contributed by atoms with Crippen LogP contribution < -0.4 is 10.6 Å². The molecule has 3 amide bonds. The van der Waals surface area contributed by atoms with Crippen molar-refractivity contribution in [3.05, 3.63) is 66.0 Å². The highest BCUT2D eigenvalue weighted by atomic mass is 16.2. The summed E-state index contributed by atoms with van der Waals surface area (Å²) in [7, 11) is 3.78. The summed E-state index contributed by atoms with van der Waals surface area (Å²) in [6, 6.07) is 14.2. The zero-order valence-electron chi connectivity index (χ0n) is 22.1. The number of pyridine rings is 1. The molecule has 3 aliphatic rings. The van der Waals surface area contributed by atoms with Crippen LogP contribution in [0.3, 0.4) is 0 Å². The van der Waals surface area contributed by atoms with Crippen molar-refractivity contribution >= 4 is 23.4 Å². The highest BCUT2D eigenvalue weighted by Gasteiger charge is 2.51. The molecule has 10 heteroatoms. The van der Waals surface area contributed by atoms with Gasteiger partial charge in [-0.05, 0) is 74.0 Å². The van der Waals surface area contributed by atoms with Gasteiger partial charge in [0.15, 0.2) is 0 Å². The predicted molar refractivity (Wildman–Crippen MR) is 145 cm³/mol. The molecule has 3 heterocycles. The maximum atomic E-state index is 13.5. The molecule has 6 rings (SSSR count). The van der Waals surface area contributed by atoms with E-state index in [9.17, 15) is 14.4 Å². The molecule has 1 saturated heterocycles. The van der Waals surface area contributed by atoms with E-state index in [4.69, 9.17) is 0 Å². The normalized spacial score (nSPS) is 26.6. The number of hydrogen-bond acceptors (Lipinski definition) is 6. The number of aromatic nitrogens is 3. The fraction of sp³-hybridized carbons (Fsp3) is 0.414. The lowest BCUT2D eigenvalue weighted by Gasteiger charge is -2.37. The molecule has 3 fully saturated rings. The van der Waals surface area contributed by atoms with E-state index in [1.54, 1.807) is 17.2 Å². The standard InChI is InChI=1S/C29H33N7O3/c1-35-13-14-36(2)29(39)26(35)17-8-10-20(11-9-17)31-28(38)24-18-6-7-19(15-18)25(24)32-27(37)23-16-22(33-34-23)21-5-3-4-12-30-21/h3-5,8-12,16,18-19,24-26H,6-7,13-15H2,1-2H3,(H,31,38)(H,32,37)(H,33,34)/t18-,19+,24+,25+,26?/m0/s1. The summed E-state index contributed by atoms with van der Waals surface area (Å²) in [5.74, 6) is -0.0504. The lowest BCUT2D eigenvalue weighted by atomic mass is 9.83. The quantitative estimate of drug-likeness (QED) is 0.453. The van der Waals surface area contributed by atoms with Crippen molar-refractivity contribution in [2.75, 3.05) is 32.5 Å². The largest absolute Gasteiger partial charge is 0.347 e. The van der Waals surface area contributed by atoms with E-state index >= 15 is 0 Å². The number of carbonyl (C=O) groups is 3. The molecular formula is C29H33N7O3. The average molecular weight is 528 g/mol. The minimum atomic E-state index is -0.320. The van der Waals surface area contributed by atoms with Gasteiger partial charge in [0.1, 0.15) is 17.4 Å². The Hall–Kier alpha value is -4.05. The SMILES string of the molecule is CN1CCN(C)C(c2ccc(NC(=O)[C@@H]3[C@H]4CC[C@H](C4)[C@H]3NC(=O)c3cc(-c4ccccn4)n[nH]3)cc2)C1=O. The first kappa shape index (κ1) is 25.2. The van der Waals surface area contributed by atoms with Crippen LogP contribution in [0.15, 0.2) is 54.7 Å². The van der Waals surface area contributed by atoms with E-state index in [-0.39, 0.29) is 47.6 Å². The molecule has 0 spiro atoms. The maximum absolute atomic E-state index is 13.5. The van der Waals surface area contributed by atoms with E-state index in [2.05, 4.69) is 30.7 Å². The van der Waals surface area contributed by atoms with Gasteiger partial charge < -0.3 is 15.5 Å². The van der Waals surface area contributed by atoms with Gasteiger partial charge in [-0.3, -0.25) is 29.4 Å². The number of rotatable bonds is 6. The minimum Gasteiger partial charge on any atom is -0.347 e. The maximum Gasteiger partial charge on any atom is 0.269 e. The Kier molecular flexibility index (Phi) is 6.64. The topological polar surface area (TPSA) is 123 Å². The zero-order chi connectivity index (χ0) is 27.1. The molecule has 1 unspecified atom stereocenters. The third kappa shape index (κ3) is 4.80. The van der Waals surface area contributed by atoms with Crippen LogP contribution in [0.1, 0.15) is 41.4 Å². The van der Waals surface area contributed by atoms with E-state index in [0.717, 1.165) is 31.4 Å². The number of amides is 3. The second kappa shape index (κ2) is 10.3. The highest BCUT2D eigenvalue weighted by molar-refractivity contribution is 5.96. The number of benzene rings is 1. The molecule has 2 saturated carbocycles. The molecular weight excluding hydrogens is 494 g/mol. The number of carbonyl (C=O) groups excluding carboxylic acids is 3. The molecule has 10 nitrogen and oxygen atoms in total. The Labute approximate surface area is 227 Å². The Morgan fingerprint density at radius 3 is 2.56 bits per heavy atom. The van der Waals surface area contributed by atoms with Crippen molar-refractivity contribution in [1.82, 2.24) is 30.3 Å². The summed E-state index contributed by atoms with van der Waals surface area (Å²) < 4.78 is 0. The first-order valence-corrected chi connectivity index (χ1v) is 13.5. The first-order chi connectivity index (χ1) is 18.9.